The first-order valence-electron chi connectivity index (χ1n) is 16.1. The minimum absolute atomic E-state index is 0.120. The number of phenolic OH excluding ortho intramolecular Hbond substituents is 1. The zero-order valence-corrected chi connectivity index (χ0v) is 27.9. The number of aliphatic hydroxyl groups is 3. The fourth-order valence-electron chi connectivity index (χ4n) is 6.91. The van der Waals surface area contributed by atoms with Crippen molar-refractivity contribution >= 4 is 12.0 Å². The van der Waals surface area contributed by atoms with Crippen LogP contribution in [0.5, 0.6) is 5.75 Å². The summed E-state index contributed by atoms with van der Waals surface area (Å²) in [4.78, 5) is 31.2. The number of morpholine rings is 1. The van der Waals surface area contributed by atoms with Crippen LogP contribution in [0.4, 0.5) is 4.79 Å². The topological polar surface area (TPSA) is 191 Å². The molecule has 3 aliphatic rings. The summed E-state index contributed by atoms with van der Waals surface area (Å²) in [5.74, 6) is -0.330. The predicted molar refractivity (Wildman–Crippen MR) is 169 cm³/mol. The molecule has 3 aliphatic heterocycles. The van der Waals surface area contributed by atoms with Crippen LogP contribution in [-0.2, 0) is 14.2 Å². The zero-order valence-electron chi connectivity index (χ0n) is 27.9. The molecule has 2 amide bonds. The first-order chi connectivity index (χ1) is 21.5. The van der Waals surface area contributed by atoms with Gasteiger partial charge in [0.05, 0.1) is 43.1 Å². The van der Waals surface area contributed by atoms with E-state index in [1.807, 2.05) is 0 Å². The Labute approximate surface area is 271 Å². The Bertz CT molecular complexity index is 1200. The van der Waals surface area contributed by atoms with Crippen molar-refractivity contribution < 1.29 is 44.2 Å². The molecule has 0 aliphatic carbocycles. The number of ether oxygens (including phenoxy) is 3. The van der Waals surface area contributed by atoms with Crippen molar-refractivity contribution in [1.82, 2.24) is 20.0 Å². The molecule has 0 aromatic heterocycles. The Kier molecular flexibility index (Phi) is 11.6. The summed E-state index contributed by atoms with van der Waals surface area (Å²) in [6.45, 7) is 9.70. The van der Waals surface area contributed by atoms with E-state index >= 15 is 0 Å². The first kappa shape index (κ1) is 36.3. The number of carbonyl (C=O) groups excluding carboxylic acids is 2. The summed E-state index contributed by atoms with van der Waals surface area (Å²) < 4.78 is 17.6. The molecule has 14 heteroatoms. The standard InChI is InChI=1S/C32H53N5O9/c1-19-13-21(14-20(2)26(19)40)29(42)34-16-24(39)27(41)28-25(35(5)6)23(38)15-22(45-28)7-9-37-11-12-44-18-32(37)8-10-36(17-32)30(43)46-31(3,4)33/h13-14,22-25,27-28,38-41H,7-12,15-18,33H2,1-6H3,(H,34,42)/t22?,23-,24+,25?,27+,28+,32-/m0/s1. The number of nitrogens with zero attached hydrogens (tertiary/aromatic N) is 3. The highest BCUT2D eigenvalue weighted by atomic mass is 16.6. The Hall–Kier alpha value is -2.56. The molecule has 1 aromatic carbocycles. The van der Waals surface area contributed by atoms with Gasteiger partial charge in [-0.15, -0.1) is 0 Å². The van der Waals surface area contributed by atoms with E-state index in [2.05, 4.69) is 10.2 Å². The van der Waals surface area contributed by atoms with Crippen molar-refractivity contribution in [2.75, 3.05) is 60.0 Å². The van der Waals surface area contributed by atoms with Gasteiger partial charge in [0.25, 0.3) is 5.91 Å². The van der Waals surface area contributed by atoms with Gasteiger partial charge >= 0.3 is 6.09 Å². The molecular formula is C32H53N5O9. The highest BCUT2D eigenvalue weighted by Crippen LogP contribution is 2.34. The van der Waals surface area contributed by atoms with Crippen LogP contribution >= 0.6 is 0 Å². The van der Waals surface area contributed by atoms with Crippen LogP contribution in [0.15, 0.2) is 12.1 Å². The Balaban J connectivity index is 1.38. The van der Waals surface area contributed by atoms with E-state index in [0.29, 0.717) is 75.3 Å². The average molecular weight is 652 g/mol. The zero-order chi connectivity index (χ0) is 34.0. The second-order valence-electron chi connectivity index (χ2n) is 13.9. The maximum atomic E-state index is 12.8. The average Bonchev–Trinajstić information content (AvgIpc) is 3.40. The van der Waals surface area contributed by atoms with Crippen LogP contribution in [0.1, 0.15) is 54.6 Å². The molecule has 0 bridgehead atoms. The van der Waals surface area contributed by atoms with E-state index in [-0.39, 0.29) is 17.8 Å². The number of aliphatic hydroxyl groups excluding tert-OH is 3. The highest BCUT2D eigenvalue weighted by Gasteiger charge is 2.48. The highest BCUT2D eigenvalue weighted by molar-refractivity contribution is 5.94. The number of hydrogen-bond donors (Lipinski definition) is 6. The Morgan fingerprint density at radius 1 is 1.22 bits per heavy atom. The number of likely N-dealkylation sites (N-methyl/N-ethyl adjacent to an activating group) is 1. The first-order valence-corrected chi connectivity index (χ1v) is 16.1. The van der Waals surface area contributed by atoms with Gasteiger partial charge in [0.1, 0.15) is 18.0 Å². The quantitative estimate of drug-likeness (QED) is 0.185. The lowest BCUT2D eigenvalue weighted by Crippen LogP contribution is -2.62. The monoisotopic (exact) mass is 651 g/mol. The molecule has 3 fully saturated rings. The van der Waals surface area contributed by atoms with Gasteiger partial charge in [0, 0.05) is 44.7 Å². The van der Waals surface area contributed by atoms with E-state index in [9.17, 15) is 30.0 Å². The minimum Gasteiger partial charge on any atom is -0.507 e. The molecular weight excluding hydrogens is 598 g/mol. The molecule has 0 radical (unpaired) electrons. The van der Waals surface area contributed by atoms with Crippen LogP contribution in [0.3, 0.4) is 0 Å². The van der Waals surface area contributed by atoms with Crippen molar-refractivity contribution in [3.8, 4) is 5.75 Å². The Morgan fingerprint density at radius 3 is 2.52 bits per heavy atom. The molecule has 1 aromatic rings. The van der Waals surface area contributed by atoms with Gasteiger partial charge in [-0.2, -0.15) is 0 Å². The third-order valence-corrected chi connectivity index (χ3v) is 9.35. The van der Waals surface area contributed by atoms with Gasteiger partial charge in [-0.25, -0.2) is 4.79 Å². The molecule has 7 N–H and O–H groups in total. The molecule has 260 valence electrons. The number of aromatic hydroxyl groups is 1. The van der Waals surface area contributed by atoms with Crippen molar-refractivity contribution in [3.05, 3.63) is 28.8 Å². The third-order valence-electron chi connectivity index (χ3n) is 9.35. The molecule has 3 heterocycles. The van der Waals surface area contributed by atoms with E-state index in [1.54, 1.807) is 63.7 Å². The predicted octanol–water partition coefficient (Wildman–Crippen LogP) is -0.0926. The number of hydrogen-bond acceptors (Lipinski definition) is 12. The van der Waals surface area contributed by atoms with E-state index in [0.717, 1.165) is 0 Å². The third kappa shape index (κ3) is 8.47. The fraction of sp³-hybridized carbons (Fsp3) is 0.750. The van der Waals surface area contributed by atoms with Crippen molar-refractivity contribution in [3.63, 3.8) is 0 Å². The van der Waals surface area contributed by atoms with Gasteiger partial charge in [-0.3, -0.25) is 15.4 Å². The summed E-state index contributed by atoms with van der Waals surface area (Å²) in [6, 6.07) is 2.53. The maximum absolute atomic E-state index is 12.8. The normalized spacial score (nSPS) is 28.8. The molecule has 46 heavy (non-hydrogen) atoms. The molecule has 0 saturated carbocycles. The number of aryl methyl sites for hydroxylation is 2. The molecule has 1 spiro atoms. The van der Waals surface area contributed by atoms with Crippen LogP contribution < -0.4 is 11.1 Å². The van der Waals surface area contributed by atoms with Gasteiger partial charge in [-0.05, 0) is 77.9 Å². The Morgan fingerprint density at radius 2 is 1.89 bits per heavy atom. The lowest BCUT2D eigenvalue weighted by atomic mass is 9.88. The summed E-state index contributed by atoms with van der Waals surface area (Å²) in [7, 11) is 3.56. The number of nitrogens with one attached hydrogen (secondary N) is 1. The van der Waals surface area contributed by atoms with Crippen LogP contribution in [0.25, 0.3) is 0 Å². The second-order valence-corrected chi connectivity index (χ2v) is 13.9. The second kappa shape index (κ2) is 14.7. The largest absolute Gasteiger partial charge is 0.507 e. The van der Waals surface area contributed by atoms with Crippen LogP contribution in [-0.4, -0.2) is 155 Å². The van der Waals surface area contributed by atoms with Gasteiger partial charge < -0.3 is 49.8 Å². The van der Waals surface area contributed by atoms with E-state index in [4.69, 9.17) is 19.9 Å². The molecule has 3 saturated heterocycles. The summed E-state index contributed by atoms with van der Waals surface area (Å²) in [5, 5.41) is 46.1. The fourth-order valence-corrected chi connectivity index (χ4v) is 6.91. The van der Waals surface area contributed by atoms with Gasteiger partial charge in [-0.1, -0.05) is 0 Å². The lowest BCUT2D eigenvalue weighted by Gasteiger charge is -2.47. The number of phenols is 1. The number of likely N-dealkylation sites (tertiary alicyclic amines) is 1. The minimum atomic E-state index is -1.40. The summed E-state index contributed by atoms with van der Waals surface area (Å²) >= 11 is 0. The number of benzene rings is 1. The summed E-state index contributed by atoms with van der Waals surface area (Å²) in [5.41, 5.74) is 5.88. The number of nitrogens with two attached hydrogens (primary N) is 1. The van der Waals surface area contributed by atoms with Crippen molar-refractivity contribution in [1.29, 1.82) is 0 Å². The number of amides is 2. The molecule has 14 nitrogen and oxygen atoms in total. The van der Waals surface area contributed by atoms with Crippen LogP contribution in [0, 0.1) is 13.8 Å². The van der Waals surface area contributed by atoms with E-state index < -0.39 is 54.3 Å². The number of rotatable bonds is 10. The maximum Gasteiger partial charge on any atom is 0.411 e. The summed E-state index contributed by atoms with van der Waals surface area (Å²) in [6.07, 6.45) is -3.77. The van der Waals surface area contributed by atoms with Gasteiger partial charge in [0.15, 0.2) is 5.72 Å². The smallest absolute Gasteiger partial charge is 0.411 e. The van der Waals surface area contributed by atoms with E-state index in [1.165, 1.54) is 0 Å². The van der Waals surface area contributed by atoms with Crippen molar-refractivity contribution in [2.45, 2.75) is 94.8 Å². The van der Waals surface area contributed by atoms with Gasteiger partial charge in [0.2, 0.25) is 0 Å². The molecule has 2 unspecified atom stereocenters. The molecule has 4 rings (SSSR count). The van der Waals surface area contributed by atoms with Crippen molar-refractivity contribution in [2.24, 2.45) is 5.73 Å². The van der Waals surface area contributed by atoms with Crippen LogP contribution in [0.2, 0.25) is 0 Å². The molecule has 7 atom stereocenters. The number of carbonyl (C=O) groups is 2. The lowest BCUT2D eigenvalue weighted by molar-refractivity contribution is -0.194. The SMILES string of the molecule is Cc1cc(C(=O)NC[C@@H](O)[C@@H](O)[C@@H]2OC(CCN3CCOC[C@@]34CCN(C(=O)OC(C)(C)N)C4)C[C@H](O)C2N(C)C)cc(C)c1O.